The number of nitrogens with two attached hydrogens (primary N) is 1. The van der Waals surface area contributed by atoms with Crippen LogP contribution in [-0.2, 0) is 0 Å². The zero-order valence-corrected chi connectivity index (χ0v) is 13.6. The van der Waals surface area contributed by atoms with Gasteiger partial charge in [0.1, 0.15) is 0 Å². The van der Waals surface area contributed by atoms with Crippen molar-refractivity contribution in [2.45, 2.75) is 33.2 Å². The topological polar surface area (TPSA) is 70.4 Å². The minimum Gasteiger partial charge on any atom is -0.399 e. The molecule has 1 atom stereocenters. The van der Waals surface area contributed by atoms with Crippen LogP contribution in [0.1, 0.15) is 37.6 Å². The third-order valence-electron chi connectivity index (χ3n) is 3.75. The van der Waals surface area contributed by atoms with E-state index in [-0.39, 0.29) is 5.91 Å². The van der Waals surface area contributed by atoms with Crippen LogP contribution in [0, 0.1) is 0 Å². The van der Waals surface area contributed by atoms with Gasteiger partial charge in [-0.15, -0.1) is 0 Å². The Kier molecular flexibility index (Phi) is 7.02. The smallest absolute Gasteiger partial charge is 0.253 e. The number of rotatable bonds is 8. The van der Waals surface area contributed by atoms with Crippen molar-refractivity contribution >= 4 is 17.3 Å². The van der Waals surface area contributed by atoms with Crippen molar-refractivity contribution in [3.8, 4) is 0 Å². The van der Waals surface area contributed by atoms with Crippen LogP contribution in [0.3, 0.4) is 0 Å². The molecule has 0 aromatic heterocycles. The molecule has 0 spiro atoms. The number of hydrogen-bond donors (Lipinski definition) is 3. The van der Waals surface area contributed by atoms with Crippen LogP contribution in [0.5, 0.6) is 0 Å². The van der Waals surface area contributed by atoms with Gasteiger partial charge in [-0.3, -0.25) is 4.79 Å². The maximum absolute atomic E-state index is 12.0. The first-order valence-electron chi connectivity index (χ1n) is 7.61. The fourth-order valence-electron chi connectivity index (χ4n) is 2.06. The number of nitrogens with one attached hydrogen (secondary N) is 2. The summed E-state index contributed by atoms with van der Waals surface area (Å²) >= 11 is 0. The number of carbonyl (C=O) groups excluding carboxylic acids is 1. The monoisotopic (exact) mass is 292 g/mol. The average Bonchev–Trinajstić information content (AvgIpc) is 2.46. The molecule has 0 fully saturated rings. The van der Waals surface area contributed by atoms with Crippen molar-refractivity contribution in [2.75, 3.05) is 37.7 Å². The van der Waals surface area contributed by atoms with Gasteiger partial charge in [0, 0.05) is 37.1 Å². The second-order valence-corrected chi connectivity index (χ2v) is 5.33. The van der Waals surface area contributed by atoms with E-state index in [1.807, 2.05) is 13.0 Å². The third kappa shape index (κ3) is 5.27. The van der Waals surface area contributed by atoms with Gasteiger partial charge in [0.2, 0.25) is 0 Å². The molecule has 0 saturated heterocycles. The van der Waals surface area contributed by atoms with Gasteiger partial charge in [0.25, 0.3) is 5.91 Å². The molecule has 1 amide bonds. The van der Waals surface area contributed by atoms with E-state index in [4.69, 9.17) is 5.73 Å². The van der Waals surface area contributed by atoms with E-state index in [1.54, 1.807) is 12.1 Å². The van der Waals surface area contributed by atoms with Crippen LogP contribution < -0.4 is 16.4 Å². The fourth-order valence-corrected chi connectivity index (χ4v) is 2.06. The van der Waals surface area contributed by atoms with Gasteiger partial charge in [0.15, 0.2) is 0 Å². The lowest BCUT2D eigenvalue weighted by molar-refractivity contribution is 0.0956. The van der Waals surface area contributed by atoms with E-state index in [0.717, 1.165) is 25.2 Å². The minimum atomic E-state index is -0.0738. The number of benzene rings is 1. The first kappa shape index (κ1) is 17.3. The largest absolute Gasteiger partial charge is 0.399 e. The Morgan fingerprint density at radius 3 is 2.71 bits per heavy atom. The molecule has 5 heteroatoms. The van der Waals surface area contributed by atoms with E-state index in [1.165, 1.54) is 0 Å². The molecule has 0 saturated carbocycles. The summed E-state index contributed by atoms with van der Waals surface area (Å²) < 4.78 is 0. The normalized spacial score (nSPS) is 12.2. The maximum atomic E-state index is 12.0. The standard InChI is InChI=1S/C16H28N4O/c1-5-12(3)20(4)10-9-19-15-11-13(17)7-8-14(15)16(21)18-6-2/h7-8,11-12,19H,5-6,9-10,17H2,1-4H3,(H,18,21). The Hall–Kier alpha value is -1.75. The van der Waals surface area contributed by atoms with E-state index in [9.17, 15) is 4.79 Å². The van der Waals surface area contributed by atoms with Crippen LogP contribution in [0.4, 0.5) is 11.4 Å². The Morgan fingerprint density at radius 2 is 2.10 bits per heavy atom. The maximum Gasteiger partial charge on any atom is 0.253 e. The molecular weight excluding hydrogens is 264 g/mol. The molecule has 1 rings (SSSR count). The number of likely N-dealkylation sites (N-methyl/N-ethyl adjacent to an activating group) is 1. The van der Waals surface area contributed by atoms with Crippen molar-refractivity contribution in [1.29, 1.82) is 0 Å². The van der Waals surface area contributed by atoms with Crippen LogP contribution in [0.25, 0.3) is 0 Å². The van der Waals surface area contributed by atoms with Gasteiger partial charge in [-0.05, 0) is 45.5 Å². The molecule has 0 heterocycles. The molecule has 1 aromatic carbocycles. The summed E-state index contributed by atoms with van der Waals surface area (Å²) in [5.74, 6) is -0.0738. The van der Waals surface area contributed by atoms with Crippen molar-refractivity contribution in [3.05, 3.63) is 23.8 Å². The van der Waals surface area contributed by atoms with Crippen LogP contribution in [-0.4, -0.2) is 43.5 Å². The molecule has 0 aliphatic rings. The molecule has 4 N–H and O–H groups in total. The van der Waals surface area contributed by atoms with E-state index in [0.29, 0.717) is 23.8 Å². The highest BCUT2D eigenvalue weighted by Gasteiger charge is 2.11. The molecule has 21 heavy (non-hydrogen) atoms. The van der Waals surface area contributed by atoms with Crippen molar-refractivity contribution < 1.29 is 4.79 Å². The number of nitrogens with zero attached hydrogens (tertiary/aromatic N) is 1. The van der Waals surface area contributed by atoms with Crippen LogP contribution in [0.15, 0.2) is 18.2 Å². The van der Waals surface area contributed by atoms with E-state index >= 15 is 0 Å². The van der Waals surface area contributed by atoms with Crippen molar-refractivity contribution in [1.82, 2.24) is 10.2 Å². The molecule has 5 nitrogen and oxygen atoms in total. The zero-order valence-electron chi connectivity index (χ0n) is 13.6. The highest BCUT2D eigenvalue weighted by molar-refractivity contribution is 6.00. The van der Waals surface area contributed by atoms with Gasteiger partial charge < -0.3 is 21.3 Å². The zero-order chi connectivity index (χ0) is 15.8. The molecule has 1 aromatic rings. The third-order valence-corrected chi connectivity index (χ3v) is 3.75. The number of anilines is 2. The molecule has 118 valence electrons. The quantitative estimate of drug-likeness (QED) is 0.642. The van der Waals surface area contributed by atoms with E-state index in [2.05, 4.69) is 36.4 Å². The van der Waals surface area contributed by atoms with E-state index < -0.39 is 0 Å². The summed E-state index contributed by atoms with van der Waals surface area (Å²) in [5, 5.41) is 6.14. The molecular formula is C16H28N4O. The summed E-state index contributed by atoms with van der Waals surface area (Å²) in [7, 11) is 2.11. The van der Waals surface area contributed by atoms with Gasteiger partial charge in [0.05, 0.1) is 5.56 Å². The molecule has 0 bridgehead atoms. The Bertz CT molecular complexity index is 462. The lowest BCUT2D eigenvalue weighted by Crippen LogP contribution is -2.33. The molecule has 0 aliphatic heterocycles. The summed E-state index contributed by atoms with van der Waals surface area (Å²) in [4.78, 5) is 14.3. The van der Waals surface area contributed by atoms with Crippen LogP contribution >= 0.6 is 0 Å². The van der Waals surface area contributed by atoms with Crippen LogP contribution in [0.2, 0.25) is 0 Å². The molecule has 1 unspecified atom stereocenters. The van der Waals surface area contributed by atoms with Crippen molar-refractivity contribution in [2.24, 2.45) is 0 Å². The highest BCUT2D eigenvalue weighted by Crippen LogP contribution is 2.19. The van der Waals surface area contributed by atoms with Gasteiger partial charge in [-0.25, -0.2) is 0 Å². The Labute approximate surface area is 127 Å². The SMILES string of the molecule is CCNC(=O)c1ccc(N)cc1NCCN(C)C(C)CC. The summed E-state index contributed by atoms with van der Waals surface area (Å²) in [6, 6.07) is 5.88. The Balaban J connectivity index is 2.69. The van der Waals surface area contributed by atoms with Crippen molar-refractivity contribution in [3.63, 3.8) is 0 Å². The number of carbonyl (C=O) groups is 1. The average molecular weight is 292 g/mol. The first-order valence-corrected chi connectivity index (χ1v) is 7.61. The summed E-state index contributed by atoms with van der Waals surface area (Å²) in [6.07, 6.45) is 1.12. The van der Waals surface area contributed by atoms with Gasteiger partial charge in [-0.1, -0.05) is 6.92 Å². The minimum absolute atomic E-state index is 0.0738. The van der Waals surface area contributed by atoms with Gasteiger partial charge in [-0.2, -0.15) is 0 Å². The number of amides is 1. The predicted molar refractivity (Wildman–Crippen MR) is 89.7 cm³/mol. The highest BCUT2D eigenvalue weighted by atomic mass is 16.1. The Morgan fingerprint density at radius 1 is 1.38 bits per heavy atom. The lowest BCUT2D eigenvalue weighted by atomic mass is 10.1. The number of nitrogen functional groups attached to an aromatic ring is 1. The summed E-state index contributed by atoms with van der Waals surface area (Å²) in [6.45, 7) is 8.60. The molecule has 0 radical (unpaired) electrons. The summed E-state index contributed by atoms with van der Waals surface area (Å²) in [5.41, 5.74) is 7.90. The number of hydrogen-bond acceptors (Lipinski definition) is 4. The second-order valence-electron chi connectivity index (χ2n) is 5.33. The first-order chi connectivity index (χ1) is 9.99. The lowest BCUT2D eigenvalue weighted by Gasteiger charge is -2.24. The predicted octanol–water partition coefficient (Wildman–Crippen LogP) is 2.16. The molecule has 0 aliphatic carbocycles. The van der Waals surface area contributed by atoms with Gasteiger partial charge >= 0.3 is 0 Å². The second kappa shape index (κ2) is 8.52. The fraction of sp³-hybridized carbons (Fsp3) is 0.562.